The molecule has 0 amide bonds. The molecule has 3 rings (SSSR count). The Morgan fingerprint density at radius 2 is 2.18 bits per heavy atom. The Bertz CT molecular complexity index is 1010. The van der Waals surface area contributed by atoms with Gasteiger partial charge >= 0.3 is 5.97 Å². The van der Waals surface area contributed by atoms with Crippen molar-refractivity contribution in [3.63, 3.8) is 0 Å². The van der Waals surface area contributed by atoms with Crippen LogP contribution in [0.5, 0.6) is 17.4 Å². The van der Waals surface area contributed by atoms with E-state index in [0.29, 0.717) is 33.0 Å². The number of aromatic amines is 1. The average Bonchev–Trinajstić information content (AvgIpc) is 3.05. The number of carbonyl (C=O) groups is 1. The van der Waals surface area contributed by atoms with Gasteiger partial charge in [-0.2, -0.15) is 5.26 Å². The number of rotatable bonds is 5. The first-order valence-electron chi connectivity index (χ1n) is 8.10. The van der Waals surface area contributed by atoms with Gasteiger partial charge in [0.2, 0.25) is 11.8 Å². The van der Waals surface area contributed by atoms with Crippen molar-refractivity contribution in [2.45, 2.75) is 12.8 Å². The Hall–Kier alpha value is -3.19. The predicted octanol–water partition coefficient (Wildman–Crippen LogP) is 2.26. The van der Waals surface area contributed by atoms with Crippen LogP contribution in [0.15, 0.2) is 28.1 Å². The maximum Gasteiger partial charge on any atom is 0.343 e. The second-order valence-corrected chi connectivity index (χ2v) is 6.74. The zero-order valence-corrected chi connectivity index (χ0v) is 16.9. The summed E-state index contributed by atoms with van der Waals surface area (Å²) in [7, 11) is 2.75. The summed E-state index contributed by atoms with van der Waals surface area (Å²) in [5.74, 6) is -0.0140. The van der Waals surface area contributed by atoms with Crippen LogP contribution in [-0.4, -0.2) is 37.0 Å². The molecule has 146 valence electrons. The lowest BCUT2D eigenvalue weighted by Gasteiger charge is -2.25. The molecule has 1 aromatic heterocycles. The Labute approximate surface area is 169 Å². The smallest absolute Gasteiger partial charge is 0.343 e. The molecule has 9 nitrogen and oxygen atoms in total. The summed E-state index contributed by atoms with van der Waals surface area (Å²) < 4.78 is 21.6. The van der Waals surface area contributed by atoms with Crippen molar-refractivity contribution in [2.75, 3.05) is 20.8 Å². The number of hydrogen-bond acceptors (Lipinski definition) is 8. The maximum absolute atomic E-state index is 11.4. The van der Waals surface area contributed by atoms with Crippen LogP contribution in [0.4, 0.5) is 0 Å². The van der Waals surface area contributed by atoms with Gasteiger partial charge in [0, 0.05) is 15.7 Å². The quantitative estimate of drug-likeness (QED) is 0.665. The molecular formula is C18H17BrN4O5. The maximum atomic E-state index is 11.4. The lowest BCUT2D eigenvalue weighted by atomic mass is 9.84. The summed E-state index contributed by atoms with van der Waals surface area (Å²) in [5.41, 5.74) is 8.36. The van der Waals surface area contributed by atoms with Crippen LogP contribution in [-0.2, 0) is 9.53 Å². The number of allylic oxidation sites excluding steroid dienone is 1. The van der Waals surface area contributed by atoms with Gasteiger partial charge in [0.25, 0.3) is 0 Å². The van der Waals surface area contributed by atoms with E-state index in [1.807, 2.05) is 6.92 Å². The van der Waals surface area contributed by atoms with Gasteiger partial charge in [-0.05, 0) is 24.6 Å². The van der Waals surface area contributed by atoms with Crippen LogP contribution in [0.3, 0.4) is 0 Å². The summed E-state index contributed by atoms with van der Waals surface area (Å²) in [6.07, 6.45) is 0. The minimum absolute atomic E-state index is 0.0108. The molecule has 0 unspecified atom stereocenters. The molecule has 10 heteroatoms. The number of carbonyl (C=O) groups excluding carboxylic acids is 1. The highest BCUT2D eigenvalue weighted by atomic mass is 79.9. The van der Waals surface area contributed by atoms with E-state index in [2.05, 4.69) is 36.9 Å². The molecular weight excluding hydrogens is 432 g/mol. The molecule has 0 fully saturated rings. The molecule has 2 heterocycles. The van der Waals surface area contributed by atoms with Gasteiger partial charge in [-0.25, -0.2) is 4.79 Å². The number of methoxy groups -OCH3 is 2. The number of halogens is 1. The first kappa shape index (κ1) is 19.6. The molecule has 0 spiro atoms. The summed E-state index contributed by atoms with van der Waals surface area (Å²) in [6, 6.07) is 5.50. The topological polar surface area (TPSA) is 132 Å². The van der Waals surface area contributed by atoms with E-state index < -0.39 is 11.9 Å². The number of H-pyrrole nitrogens is 1. The van der Waals surface area contributed by atoms with E-state index in [-0.39, 0.29) is 18.1 Å². The molecule has 1 aliphatic heterocycles. The van der Waals surface area contributed by atoms with Crippen molar-refractivity contribution in [3.8, 4) is 23.4 Å². The Kier molecular flexibility index (Phi) is 5.46. The number of ether oxygens (including phenoxy) is 4. The number of nitrogens with zero attached hydrogens (tertiary/aromatic N) is 2. The van der Waals surface area contributed by atoms with Gasteiger partial charge in [0.1, 0.15) is 11.6 Å². The Balaban J connectivity index is 2.11. The van der Waals surface area contributed by atoms with Crippen LogP contribution in [0, 0.1) is 18.3 Å². The summed E-state index contributed by atoms with van der Waals surface area (Å²) in [5, 5.41) is 16.6. The summed E-state index contributed by atoms with van der Waals surface area (Å²) in [6.45, 7) is 1.56. The summed E-state index contributed by atoms with van der Waals surface area (Å²) >= 11 is 3.52. The molecule has 3 N–H and O–H groups in total. The van der Waals surface area contributed by atoms with E-state index >= 15 is 0 Å². The fourth-order valence-corrected chi connectivity index (χ4v) is 3.50. The van der Waals surface area contributed by atoms with Gasteiger partial charge in [-0.1, -0.05) is 15.9 Å². The number of nitrogens with one attached hydrogen (secondary N) is 1. The van der Waals surface area contributed by atoms with Gasteiger partial charge < -0.3 is 24.7 Å². The predicted molar refractivity (Wildman–Crippen MR) is 101 cm³/mol. The normalized spacial score (nSPS) is 15.3. The Morgan fingerprint density at radius 3 is 2.82 bits per heavy atom. The largest absolute Gasteiger partial charge is 0.493 e. The number of hydrogen-bond donors (Lipinski definition) is 2. The highest BCUT2D eigenvalue weighted by molar-refractivity contribution is 9.10. The second-order valence-electron chi connectivity index (χ2n) is 5.88. The number of aryl methyl sites for hydroxylation is 1. The van der Waals surface area contributed by atoms with Crippen LogP contribution < -0.4 is 19.9 Å². The fraction of sp³-hybridized carbons (Fsp3) is 0.278. The molecule has 1 aromatic carbocycles. The standard InChI is InChI=1S/C18H17BrN4O5/c1-8-15-16(10(6-20)17(21)28-18(15)23-22-8)9-4-12(25-2)13(5-11(9)19)27-7-14(24)26-3/h4-5,16H,7,21H2,1-3H3,(H,22,23)/t16-/m1/s1. The van der Waals surface area contributed by atoms with Crippen molar-refractivity contribution in [2.24, 2.45) is 5.73 Å². The van der Waals surface area contributed by atoms with E-state index in [9.17, 15) is 10.1 Å². The fourth-order valence-electron chi connectivity index (χ4n) is 2.95. The first-order chi connectivity index (χ1) is 13.4. The highest BCUT2D eigenvalue weighted by Crippen LogP contribution is 2.47. The van der Waals surface area contributed by atoms with Crippen molar-refractivity contribution in [3.05, 3.63) is 44.9 Å². The third-order valence-corrected chi connectivity index (χ3v) is 4.98. The van der Waals surface area contributed by atoms with Gasteiger partial charge in [0.15, 0.2) is 18.1 Å². The second kappa shape index (κ2) is 7.82. The van der Waals surface area contributed by atoms with Gasteiger partial charge in [-0.15, -0.1) is 5.10 Å². The average molecular weight is 449 g/mol. The number of aromatic nitrogens is 2. The van der Waals surface area contributed by atoms with Gasteiger partial charge in [-0.3, -0.25) is 5.10 Å². The van der Waals surface area contributed by atoms with Crippen molar-refractivity contribution in [1.29, 1.82) is 5.26 Å². The van der Waals surface area contributed by atoms with Crippen LogP contribution in [0.1, 0.15) is 22.7 Å². The van der Waals surface area contributed by atoms with E-state index in [1.165, 1.54) is 14.2 Å². The lowest BCUT2D eigenvalue weighted by Crippen LogP contribution is -2.21. The van der Waals surface area contributed by atoms with E-state index in [4.69, 9.17) is 19.9 Å². The van der Waals surface area contributed by atoms with Crippen LogP contribution >= 0.6 is 15.9 Å². The zero-order valence-electron chi connectivity index (χ0n) is 15.3. The molecule has 0 radical (unpaired) electrons. The number of esters is 1. The SMILES string of the molecule is COC(=O)COc1cc(Br)c([C@@H]2C(C#N)=C(N)Oc3n[nH]c(C)c32)cc1OC. The lowest BCUT2D eigenvalue weighted by molar-refractivity contribution is -0.142. The molecule has 2 aromatic rings. The van der Waals surface area contributed by atoms with Crippen molar-refractivity contribution < 1.29 is 23.7 Å². The number of nitriles is 1. The number of fused-ring (bicyclic) bond motifs is 1. The number of nitrogens with two attached hydrogens (primary N) is 1. The van der Waals surface area contributed by atoms with Crippen LogP contribution in [0.25, 0.3) is 0 Å². The molecule has 1 atom stereocenters. The van der Waals surface area contributed by atoms with Crippen molar-refractivity contribution in [1.82, 2.24) is 10.2 Å². The molecule has 0 bridgehead atoms. The molecule has 28 heavy (non-hydrogen) atoms. The van der Waals surface area contributed by atoms with Crippen molar-refractivity contribution >= 4 is 21.9 Å². The minimum Gasteiger partial charge on any atom is -0.493 e. The van der Waals surface area contributed by atoms with E-state index in [1.54, 1.807) is 12.1 Å². The third-order valence-electron chi connectivity index (χ3n) is 4.30. The highest BCUT2D eigenvalue weighted by Gasteiger charge is 2.36. The summed E-state index contributed by atoms with van der Waals surface area (Å²) in [4.78, 5) is 11.4. The minimum atomic E-state index is -0.523. The van der Waals surface area contributed by atoms with Crippen LogP contribution in [0.2, 0.25) is 0 Å². The van der Waals surface area contributed by atoms with Gasteiger partial charge in [0.05, 0.1) is 20.1 Å². The third kappa shape index (κ3) is 3.36. The molecule has 0 saturated heterocycles. The Morgan fingerprint density at radius 1 is 1.43 bits per heavy atom. The molecule has 1 aliphatic rings. The monoisotopic (exact) mass is 448 g/mol. The first-order valence-corrected chi connectivity index (χ1v) is 8.90. The number of benzene rings is 1. The van der Waals surface area contributed by atoms with E-state index in [0.717, 1.165) is 5.69 Å². The molecule has 0 saturated carbocycles. The molecule has 0 aliphatic carbocycles. The zero-order chi connectivity index (χ0) is 20.4.